The van der Waals surface area contributed by atoms with Crippen LogP contribution >= 0.6 is 15.9 Å². The van der Waals surface area contributed by atoms with E-state index in [1.165, 1.54) is 5.56 Å². The standard InChI is InChI=1S/C10H16BrN3O/c1-15-10-3-2-8(6-9(10)11)4-5-13-7-14-12/h2-3,6,13-14H,4-5,7,12H2,1H3. The zero-order valence-electron chi connectivity index (χ0n) is 8.72. The number of methoxy groups -OCH3 is 1. The Bertz CT molecular complexity index is 307. The van der Waals surface area contributed by atoms with E-state index in [4.69, 9.17) is 10.6 Å². The van der Waals surface area contributed by atoms with Crippen LogP contribution < -0.4 is 21.3 Å². The van der Waals surface area contributed by atoms with Crippen molar-refractivity contribution in [2.45, 2.75) is 6.42 Å². The molecule has 5 heteroatoms. The van der Waals surface area contributed by atoms with Gasteiger partial charge in [0.1, 0.15) is 5.75 Å². The third-order valence-corrected chi connectivity index (χ3v) is 2.65. The van der Waals surface area contributed by atoms with Crippen molar-refractivity contribution in [1.82, 2.24) is 10.7 Å². The van der Waals surface area contributed by atoms with Gasteiger partial charge in [0.25, 0.3) is 0 Å². The summed E-state index contributed by atoms with van der Waals surface area (Å²) in [5.74, 6) is 5.99. The summed E-state index contributed by atoms with van der Waals surface area (Å²) in [5.41, 5.74) is 3.80. The molecule has 0 heterocycles. The number of hydrogen-bond donors (Lipinski definition) is 3. The Morgan fingerprint density at radius 3 is 2.87 bits per heavy atom. The van der Waals surface area contributed by atoms with Crippen molar-refractivity contribution in [2.24, 2.45) is 5.84 Å². The van der Waals surface area contributed by atoms with Gasteiger partial charge in [-0.1, -0.05) is 6.07 Å². The molecule has 15 heavy (non-hydrogen) atoms. The molecular weight excluding hydrogens is 258 g/mol. The van der Waals surface area contributed by atoms with Crippen LogP contribution in [0.4, 0.5) is 0 Å². The molecule has 0 spiro atoms. The minimum absolute atomic E-state index is 0.622. The SMILES string of the molecule is COc1ccc(CCNCNN)cc1Br. The first-order chi connectivity index (χ1) is 7.27. The fraction of sp³-hybridized carbons (Fsp3) is 0.400. The predicted octanol–water partition coefficient (Wildman–Crippen LogP) is 1.01. The normalized spacial score (nSPS) is 10.3. The topological polar surface area (TPSA) is 59.3 Å². The van der Waals surface area contributed by atoms with Crippen LogP contribution in [0.5, 0.6) is 5.75 Å². The van der Waals surface area contributed by atoms with Gasteiger partial charge in [-0.2, -0.15) is 0 Å². The Hall–Kier alpha value is -0.620. The summed E-state index contributed by atoms with van der Waals surface area (Å²) < 4.78 is 6.14. The number of hydrazine groups is 1. The summed E-state index contributed by atoms with van der Waals surface area (Å²) in [6, 6.07) is 6.08. The Labute approximate surface area is 98.3 Å². The molecule has 4 N–H and O–H groups in total. The second kappa shape index (κ2) is 6.79. The van der Waals surface area contributed by atoms with E-state index in [0.717, 1.165) is 23.2 Å². The number of nitrogens with two attached hydrogens (primary N) is 1. The number of hydrogen-bond acceptors (Lipinski definition) is 4. The molecule has 0 saturated carbocycles. The lowest BCUT2D eigenvalue weighted by Gasteiger charge is -2.07. The van der Waals surface area contributed by atoms with E-state index in [9.17, 15) is 0 Å². The summed E-state index contributed by atoms with van der Waals surface area (Å²) >= 11 is 3.45. The number of rotatable bonds is 6. The molecule has 0 saturated heterocycles. The van der Waals surface area contributed by atoms with E-state index in [0.29, 0.717) is 6.67 Å². The molecule has 0 unspecified atom stereocenters. The minimum Gasteiger partial charge on any atom is -0.496 e. The molecule has 1 aromatic rings. The van der Waals surface area contributed by atoms with Gasteiger partial charge in [0, 0.05) is 6.54 Å². The maximum absolute atomic E-state index is 5.15. The van der Waals surface area contributed by atoms with Crippen LogP contribution in [-0.4, -0.2) is 20.3 Å². The van der Waals surface area contributed by atoms with Gasteiger partial charge in [-0.3, -0.25) is 5.84 Å². The van der Waals surface area contributed by atoms with E-state index in [-0.39, 0.29) is 0 Å². The third kappa shape index (κ3) is 4.17. The minimum atomic E-state index is 0.622. The molecule has 0 aliphatic rings. The van der Waals surface area contributed by atoms with Crippen molar-refractivity contribution in [1.29, 1.82) is 0 Å². The average Bonchev–Trinajstić information content (AvgIpc) is 2.25. The summed E-state index contributed by atoms with van der Waals surface area (Å²) in [7, 11) is 1.66. The van der Waals surface area contributed by atoms with E-state index < -0.39 is 0 Å². The number of ether oxygens (including phenoxy) is 1. The Kier molecular flexibility index (Phi) is 5.63. The molecule has 0 radical (unpaired) electrons. The van der Waals surface area contributed by atoms with Crippen molar-refractivity contribution in [2.75, 3.05) is 20.3 Å². The largest absolute Gasteiger partial charge is 0.496 e. The van der Waals surface area contributed by atoms with Crippen LogP contribution in [0.25, 0.3) is 0 Å². The van der Waals surface area contributed by atoms with Crippen molar-refractivity contribution < 1.29 is 4.74 Å². The van der Waals surface area contributed by atoms with Crippen LogP contribution in [-0.2, 0) is 6.42 Å². The molecule has 1 aromatic carbocycles. The van der Waals surface area contributed by atoms with Crippen LogP contribution in [0, 0.1) is 0 Å². The Morgan fingerprint density at radius 2 is 2.27 bits per heavy atom. The highest BCUT2D eigenvalue weighted by atomic mass is 79.9. The maximum atomic E-state index is 5.15. The zero-order chi connectivity index (χ0) is 11.1. The van der Waals surface area contributed by atoms with E-state index in [1.807, 2.05) is 6.07 Å². The van der Waals surface area contributed by atoms with Crippen molar-refractivity contribution in [3.8, 4) is 5.75 Å². The fourth-order valence-electron chi connectivity index (χ4n) is 1.26. The average molecular weight is 274 g/mol. The Morgan fingerprint density at radius 1 is 1.47 bits per heavy atom. The molecule has 4 nitrogen and oxygen atoms in total. The van der Waals surface area contributed by atoms with Gasteiger partial charge in [-0.05, 0) is 40.0 Å². The predicted molar refractivity (Wildman–Crippen MR) is 64.6 cm³/mol. The van der Waals surface area contributed by atoms with Gasteiger partial charge in [0.05, 0.1) is 18.3 Å². The molecule has 0 aliphatic heterocycles. The number of benzene rings is 1. The molecule has 84 valence electrons. The Balaban J connectivity index is 2.45. The fourth-order valence-corrected chi connectivity index (χ4v) is 1.85. The lowest BCUT2D eigenvalue weighted by Crippen LogP contribution is -2.34. The molecule has 0 amide bonds. The van der Waals surface area contributed by atoms with E-state index >= 15 is 0 Å². The lowest BCUT2D eigenvalue weighted by molar-refractivity contribution is 0.412. The van der Waals surface area contributed by atoms with Gasteiger partial charge in [0.15, 0.2) is 0 Å². The van der Waals surface area contributed by atoms with Gasteiger partial charge in [0.2, 0.25) is 0 Å². The van der Waals surface area contributed by atoms with Crippen molar-refractivity contribution in [3.63, 3.8) is 0 Å². The first kappa shape index (κ1) is 12.4. The molecule has 0 bridgehead atoms. The first-order valence-electron chi connectivity index (χ1n) is 4.74. The molecule has 0 aliphatic carbocycles. The van der Waals surface area contributed by atoms with Gasteiger partial charge in [-0.25, -0.2) is 5.43 Å². The highest BCUT2D eigenvalue weighted by Gasteiger charge is 2.00. The first-order valence-corrected chi connectivity index (χ1v) is 5.54. The summed E-state index contributed by atoms with van der Waals surface area (Å²) in [6.45, 7) is 1.51. The van der Waals surface area contributed by atoms with Crippen LogP contribution in [0.1, 0.15) is 5.56 Å². The van der Waals surface area contributed by atoms with Gasteiger partial charge >= 0.3 is 0 Å². The monoisotopic (exact) mass is 273 g/mol. The lowest BCUT2D eigenvalue weighted by atomic mass is 10.1. The highest BCUT2D eigenvalue weighted by Crippen LogP contribution is 2.25. The molecule has 1 rings (SSSR count). The molecule has 0 atom stereocenters. The van der Waals surface area contributed by atoms with Crippen molar-refractivity contribution in [3.05, 3.63) is 28.2 Å². The van der Waals surface area contributed by atoms with Crippen LogP contribution in [0.3, 0.4) is 0 Å². The molecule has 0 aromatic heterocycles. The highest BCUT2D eigenvalue weighted by molar-refractivity contribution is 9.10. The maximum Gasteiger partial charge on any atom is 0.133 e. The second-order valence-electron chi connectivity index (χ2n) is 3.10. The van der Waals surface area contributed by atoms with E-state index in [2.05, 4.69) is 38.8 Å². The molecule has 0 fully saturated rings. The third-order valence-electron chi connectivity index (χ3n) is 2.03. The second-order valence-corrected chi connectivity index (χ2v) is 3.95. The van der Waals surface area contributed by atoms with Crippen LogP contribution in [0.15, 0.2) is 22.7 Å². The van der Waals surface area contributed by atoms with E-state index in [1.54, 1.807) is 7.11 Å². The zero-order valence-corrected chi connectivity index (χ0v) is 10.3. The van der Waals surface area contributed by atoms with Crippen molar-refractivity contribution >= 4 is 15.9 Å². The van der Waals surface area contributed by atoms with Gasteiger partial charge in [-0.15, -0.1) is 0 Å². The van der Waals surface area contributed by atoms with Gasteiger partial charge < -0.3 is 10.1 Å². The number of halogens is 1. The quantitative estimate of drug-likeness (QED) is 0.313. The molecular formula is C10H16BrN3O. The summed E-state index contributed by atoms with van der Waals surface area (Å²) in [6.07, 6.45) is 0.963. The smallest absolute Gasteiger partial charge is 0.133 e. The van der Waals surface area contributed by atoms with Crippen LogP contribution in [0.2, 0.25) is 0 Å². The summed E-state index contributed by atoms with van der Waals surface area (Å²) in [5, 5.41) is 3.15. The number of nitrogens with one attached hydrogen (secondary N) is 2. The summed E-state index contributed by atoms with van der Waals surface area (Å²) in [4.78, 5) is 0.